The lowest BCUT2D eigenvalue weighted by atomic mass is 9.92. The smallest absolute Gasteiger partial charge is 0.261 e. The van der Waals surface area contributed by atoms with Gasteiger partial charge in [-0.25, -0.2) is 4.98 Å². The van der Waals surface area contributed by atoms with E-state index in [-0.39, 0.29) is 11.6 Å². The second-order valence-corrected chi connectivity index (χ2v) is 9.85. The monoisotopic (exact) mass is 469 g/mol. The number of aromatic nitrogens is 3. The highest BCUT2D eigenvalue weighted by Crippen LogP contribution is 2.34. The molecule has 1 saturated carbocycles. The fourth-order valence-electron chi connectivity index (χ4n) is 5.72. The second kappa shape index (κ2) is 8.96. The Morgan fingerprint density at radius 2 is 1.63 bits per heavy atom. The molecule has 4 aromatic rings. The number of nitrogens with zero attached hydrogens (tertiary/aromatic N) is 5. The number of aryl methyl sites for hydroxylation is 1. The molecule has 0 bridgehead atoms. The van der Waals surface area contributed by atoms with Crippen LogP contribution < -0.4 is 15.4 Å². The number of hydrogen-bond acceptors (Lipinski definition) is 6. The summed E-state index contributed by atoms with van der Waals surface area (Å²) in [7, 11) is 0. The van der Waals surface area contributed by atoms with E-state index < -0.39 is 6.10 Å². The van der Waals surface area contributed by atoms with Crippen molar-refractivity contribution in [3.63, 3.8) is 0 Å². The van der Waals surface area contributed by atoms with E-state index in [1.165, 1.54) is 0 Å². The van der Waals surface area contributed by atoms with Crippen LogP contribution in [-0.4, -0.2) is 51.9 Å². The Labute approximate surface area is 204 Å². The van der Waals surface area contributed by atoms with Crippen LogP contribution >= 0.6 is 0 Å². The van der Waals surface area contributed by atoms with Gasteiger partial charge in [0.15, 0.2) is 0 Å². The first-order chi connectivity index (χ1) is 17.1. The molecule has 0 spiro atoms. The molecule has 1 N–H and O–H groups in total. The molecule has 1 aliphatic heterocycles. The summed E-state index contributed by atoms with van der Waals surface area (Å²) in [6, 6.07) is 14.3. The minimum atomic E-state index is -0.495. The van der Waals surface area contributed by atoms with Crippen molar-refractivity contribution in [1.29, 1.82) is 0 Å². The lowest BCUT2D eigenvalue weighted by Crippen LogP contribution is -2.46. The van der Waals surface area contributed by atoms with Gasteiger partial charge in [0, 0.05) is 48.3 Å². The van der Waals surface area contributed by atoms with E-state index in [1.54, 1.807) is 10.9 Å². The zero-order chi connectivity index (χ0) is 23.9. The van der Waals surface area contributed by atoms with Crippen molar-refractivity contribution in [3.8, 4) is 0 Å². The van der Waals surface area contributed by atoms with Gasteiger partial charge in [0.05, 0.1) is 41.3 Å². The Bertz CT molecular complexity index is 1420. The average Bonchev–Trinajstić information content (AvgIpc) is 2.90. The standard InChI is InChI=1S/C28H31N5O2/c1-19-10-11-20(17-29-19)31-12-14-32(15-13-31)25-16-23-27(22-7-3-2-6-21(22)25)30-18-33(28(23)35)24-8-4-5-9-26(24)34/h2-3,6-7,10-11,16-18,24,26,34H,4-5,8-9,12-15H2,1H3/t24-,26-/m0/s1. The van der Waals surface area contributed by atoms with Crippen LogP contribution in [0.25, 0.3) is 21.7 Å². The molecule has 2 aliphatic rings. The van der Waals surface area contributed by atoms with Crippen LogP contribution in [-0.2, 0) is 0 Å². The molecule has 2 aromatic carbocycles. The van der Waals surface area contributed by atoms with Crippen LogP contribution in [0.4, 0.5) is 11.4 Å². The summed E-state index contributed by atoms with van der Waals surface area (Å²) in [6.07, 6.45) is 6.67. The van der Waals surface area contributed by atoms with Crippen LogP contribution in [0, 0.1) is 6.92 Å². The zero-order valence-corrected chi connectivity index (χ0v) is 20.1. The van der Waals surface area contributed by atoms with Gasteiger partial charge in [-0.15, -0.1) is 0 Å². The molecule has 1 saturated heterocycles. The summed E-state index contributed by atoms with van der Waals surface area (Å²) in [5, 5.41) is 13.3. The maximum Gasteiger partial charge on any atom is 0.261 e. The van der Waals surface area contributed by atoms with Crippen molar-refractivity contribution in [2.45, 2.75) is 44.8 Å². The highest BCUT2D eigenvalue weighted by atomic mass is 16.3. The number of aliphatic hydroxyl groups excluding tert-OH is 1. The SMILES string of the molecule is Cc1ccc(N2CCN(c3cc4c(=O)n([C@H]5CCCC[C@@H]5O)cnc4c4ccccc34)CC2)cn1. The van der Waals surface area contributed by atoms with Crippen molar-refractivity contribution < 1.29 is 5.11 Å². The summed E-state index contributed by atoms with van der Waals surface area (Å²) < 4.78 is 1.67. The maximum absolute atomic E-state index is 13.7. The third kappa shape index (κ3) is 3.93. The van der Waals surface area contributed by atoms with Crippen LogP contribution in [0.3, 0.4) is 0 Å². The van der Waals surface area contributed by atoms with Crippen molar-refractivity contribution in [2.24, 2.45) is 0 Å². The fourth-order valence-corrected chi connectivity index (χ4v) is 5.72. The largest absolute Gasteiger partial charge is 0.391 e. The lowest BCUT2D eigenvalue weighted by Gasteiger charge is -2.38. The van der Waals surface area contributed by atoms with Gasteiger partial charge in [0.2, 0.25) is 0 Å². The number of anilines is 2. The first kappa shape index (κ1) is 22.0. The molecule has 7 heteroatoms. The molecular weight excluding hydrogens is 438 g/mol. The van der Waals surface area contributed by atoms with Gasteiger partial charge < -0.3 is 14.9 Å². The van der Waals surface area contributed by atoms with Gasteiger partial charge in [-0.05, 0) is 38.0 Å². The van der Waals surface area contributed by atoms with Crippen LogP contribution in [0.15, 0.2) is 59.8 Å². The number of piperazine rings is 1. The molecule has 0 amide bonds. The molecule has 6 rings (SSSR count). The summed E-state index contributed by atoms with van der Waals surface area (Å²) >= 11 is 0. The van der Waals surface area contributed by atoms with Gasteiger partial charge in [0.1, 0.15) is 0 Å². The Hall–Kier alpha value is -3.45. The highest BCUT2D eigenvalue weighted by Gasteiger charge is 2.27. The molecule has 2 fully saturated rings. The van der Waals surface area contributed by atoms with Crippen molar-refractivity contribution in [3.05, 3.63) is 71.0 Å². The Morgan fingerprint density at radius 1 is 0.886 bits per heavy atom. The molecule has 0 unspecified atom stereocenters. The summed E-state index contributed by atoms with van der Waals surface area (Å²) in [5.41, 5.74) is 3.93. The van der Waals surface area contributed by atoms with E-state index in [1.807, 2.05) is 31.3 Å². The van der Waals surface area contributed by atoms with Gasteiger partial charge in [-0.2, -0.15) is 0 Å². The molecule has 2 aromatic heterocycles. The summed E-state index contributed by atoms with van der Waals surface area (Å²) in [4.78, 5) is 27.6. The van der Waals surface area contributed by atoms with Gasteiger partial charge >= 0.3 is 0 Å². The molecule has 35 heavy (non-hydrogen) atoms. The van der Waals surface area contributed by atoms with E-state index in [4.69, 9.17) is 4.98 Å². The molecular formula is C28H31N5O2. The minimum absolute atomic E-state index is 0.0580. The molecule has 180 valence electrons. The Kier molecular flexibility index (Phi) is 5.65. The van der Waals surface area contributed by atoms with Crippen molar-refractivity contribution in [1.82, 2.24) is 14.5 Å². The minimum Gasteiger partial charge on any atom is -0.391 e. The quantitative estimate of drug-likeness (QED) is 0.456. The number of fused-ring (bicyclic) bond motifs is 3. The highest BCUT2D eigenvalue weighted by molar-refractivity contribution is 6.11. The fraction of sp³-hybridized carbons (Fsp3) is 0.393. The average molecular weight is 470 g/mol. The van der Waals surface area contributed by atoms with E-state index >= 15 is 0 Å². The first-order valence-corrected chi connectivity index (χ1v) is 12.6. The maximum atomic E-state index is 13.7. The second-order valence-electron chi connectivity index (χ2n) is 9.85. The molecule has 7 nitrogen and oxygen atoms in total. The van der Waals surface area contributed by atoms with Crippen molar-refractivity contribution >= 4 is 33.1 Å². The van der Waals surface area contributed by atoms with E-state index in [0.29, 0.717) is 5.39 Å². The van der Waals surface area contributed by atoms with Crippen LogP contribution in [0.1, 0.15) is 37.4 Å². The third-order valence-corrected chi connectivity index (χ3v) is 7.70. The molecule has 1 aliphatic carbocycles. The zero-order valence-electron chi connectivity index (χ0n) is 20.1. The van der Waals surface area contributed by atoms with Gasteiger partial charge in [0.25, 0.3) is 5.56 Å². The number of aliphatic hydroxyl groups is 1. The third-order valence-electron chi connectivity index (χ3n) is 7.70. The number of benzene rings is 2. The summed E-state index contributed by atoms with van der Waals surface area (Å²) in [5.74, 6) is 0. The van der Waals surface area contributed by atoms with Gasteiger partial charge in [-0.1, -0.05) is 37.1 Å². The van der Waals surface area contributed by atoms with E-state index in [9.17, 15) is 9.90 Å². The molecule has 3 heterocycles. The molecule has 0 radical (unpaired) electrons. The normalized spacial score (nSPS) is 21.1. The molecule has 2 atom stereocenters. The lowest BCUT2D eigenvalue weighted by molar-refractivity contribution is 0.0735. The summed E-state index contributed by atoms with van der Waals surface area (Å²) in [6.45, 7) is 5.51. The predicted molar refractivity (Wildman–Crippen MR) is 140 cm³/mol. The number of rotatable bonds is 3. The Morgan fingerprint density at radius 3 is 2.37 bits per heavy atom. The number of pyridine rings is 1. The van der Waals surface area contributed by atoms with Crippen LogP contribution in [0.5, 0.6) is 0 Å². The van der Waals surface area contributed by atoms with E-state index in [2.05, 4.69) is 39.0 Å². The Balaban J connectivity index is 1.39. The van der Waals surface area contributed by atoms with Crippen LogP contribution in [0.2, 0.25) is 0 Å². The first-order valence-electron chi connectivity index (χ1n) is 12.6. The van der Waals surface area contributed by atoms with E-state index in [0.717, 1.165) is 85.2 Å². The van der Waals surface area contributed by atoms with Gasteiger partial charge in [-0.3, -0.25) is 14.3 Å². The van der Waals surface area contributed by atoms with Crippen molar-refractivity contribution in [2.75, 3.05) is 36.0 Å². The number of hydrogen-bond donors (Lipinski definition) is 1. The predicted octanol–water partition coefficient (Wildman–Crippen LogP) is 4.06. The topological polar surface area (TPSA) is 74.5 Å².